The molecule has 1 aliphatic heterocycles. The number of aromatic amines is 1. The Balaban J connectivity index is 1.64. The average molecular weight is 341 g/mol. The third kappa shape index (κ3) is 3.10. The minimum atomic E-state index is 0.720. The van der Waals surface area contributed by atoms with Crippen LogP contribution >= 0.6 is 12.2 Å². The predicted octanol–water partition coefficient (Wildman–Crippen LogP) is 2.49. The lowest BCUT2D eigenvalue weighted by molar-refractivity contribution is 0.0364. The van der Waals surface area contributed by atoms with Crippen LogP contribution in [0.4, 0.5) is 0 Å². The number of nitrogens with zero attached hydrogens (tertiary/aromatic N) is 4. The van der Waals surface area contributed by atoms with Crippen LogP contribution in [0.1, 0.15) is 0 Å². The van der Waals surface area contributed by atoms with Crippen LogP contribution in [-0.4, -0.2) is 57.3 Å². The number of hydrogen-bond donors (Lipinski definition) is 1. The van der Waals surface area contributed by atoms with Crippen molar-refractivity contribution in [3.8, 4) is 11.3 Å². The Morgan fingerprint density at radius 3 is 2.67 bits per heavy atom. The Morgan fingerprint density at radius 2 is 1.88 bits per heavy atom. The molecular weight excluding hydrogens is 322 g/mol. The Hall–Kier alpha value is -2.09. The van der Waals surface area contributed by atoms with Crippen molar-refractivity contribution in [1.82, 2.24) is 24.4 Å². The smallest absolute Gasteiger partial charge is 0.179 e. The van der Waals surface area contributed by atoms with Gasteiger partial charge in [0.05, 0.1) is 24.4 Å². The number of aromatic nitrogens is 4. The van der Waals surface area contributed by atoms with Crippen molar-refractivity contribution in [1.29, 1.82) is 0 Å². The van der Waals surface area contributed by atoms with Crippen LogP contribution < -0.4 is 0 Å². The van der Waals surface area contributed by atoms with Crippen molar-refractivity contribution in [2.45, 2.75) is 6.54 Å². The van der Waals surface area contributed by atoms with Crippen LogP contribution in [-0.2, 0) is 11.3 Å². The molecule has 1 aliphatic rings. The number of pyridine rings is 2. The van der Waals surface area contributed by atoms with Crippen molar-refractivity contribution in [3.63, 3.8) is 0 Å². The fourth-order valence-electron chi connectivity index (χ4n) is 2.99. The third-order valence-corrected chi connectivity index (χ3v) is 4.66. The molecule has 6 nitrogen and oxygen atoms in total. The maximum atomic E-state index is 5.49. The molecule has 3 aromatic rings. The zero-order chi connectivity index (χ0) is 16.4. The molecule has 0 atom stereocenters. The molecule has 0 amide bonds. The lowest BCUT2D eigenvalue weighted by Crippen LogP contribution is -2.38. The second kappa shape index (κ2) is 6.80. The van der Waals surface area contributed by atoms with Crippen LogP contribution in [0, 0.1) is 4.77 Å². The molecule has 0 spiro atoms. The van der Waals surface area contributed by atoms with Gasteiger partial charge in [0.25, 0.3) is 0 Å². The fourth-order valence-corrected chi connectivity index (χ4v) is 3.28. The summed E-state index contributed by atoms with van der Waals surface area (Å²) in [5.74, 6) is 0. The van der Waals surface area contributed by atoms with E-state index in [0.29, 0.717) is 0 Å². The molecule has 0 aromatic carbocycles. The highest BCUT2D eigenvalue weighted by atomic mass is 32.1. The summed E-state index contributed by atoms with van der Waals surface area (Å²) in [6.45, 7) is 5.35. The highest BCUT2D eigenvalue weighted by Crippen LogP contribution is 2.20. The molecule has 124 valence electrons. The SMILES string of the molecule is S=c1[nH]c2ccc(-c3ccncc3)nc2n1CCN1CCOCC1. The van der Waals surface area contributed by atoms with E-state index < -0.39 is 0 Å². The molecule has 4 rings (SSSR count). The van der Waals surface area contributed by atoms with Gasteiger partial charge >= 0.3 is 0 Å². The summed E-state index contributed by atoms with van der Waals surface area (Å²) in [5, 5.41) is 0. The maximum absolute atomic E-state index is 5.49. The van der Waals surface area contributed by atoms with Gasteiger partial charge in [-0.2, -0.15) is 0 Å². The van der Waals surface area contributed by atoms with Crippen LogP contribution in [0.25, 0.3) is 22.4 Å². The topological polar surface area (TPSA) is 59.0 Å². The molecule has 3 aromatic heterocycles. The first kappa shape index (κ1) is 15.4. The lowest BCUT2D eigenvalue weighted by Gasteiger charge is -2.26. The van der Waals surface area contributed by atoms with Gasteiger partial charge in [-0.05, 0) is 36.5 Å². The number of imidazole rings is 1. The van der Waals surface area contributed by atoms with E-state index in [-0.39, 0.29) is 0 Å². The van der Waals surface area contributed by atoms with Gasteiger partial charge < -0.3 is 14.3 Å². The van der Waals surface area contributed by atoms with E-state index in [2.05, 4.69) is 19.4 Å². The number of nitrogens with one attached hydrogen (secondary N) is 1. The summed E-state index contributed by atoms with van der Waals surface area (Å²) >= 11 is 5.49. The molecule has 1 saturated heterocycles. The van der Waals surface area contributed by atoms with Crippen LogP contribution in [0.5, 0.6) is 0 Å². The summed E-state index contributed by atoms with van der Waals surface area (Å²) in [6, 6.07) is 7.98. The molecular formula is C17H19N5OS. The highest BCUT2D eigenvalue weighted by Gasteiger charge is 2.12. The summed E-state index contributed by atoms with van der Waals surface area (Å²) in [6.07, 6.45) is 3.56. The number of fused-ring (bicyclic) bond motifs is 1. The molecule has 1 N–H and O–H groups in total. The van der Waals surface area contributed by atoms with E-state index >= 15 is 0 Å². The lowest BCUT2D eigenvalue weighted by atomic mass is 10.2. The van der Waals surface area contributed by atoms with Gasteiger partial charge in [-0.25, -0.2) is 4.98 Å². The first-order chi connectivity index (χ1) is 11.8. The number of rotatable bonds is 4. The van der Waals surface area contributed by atoms with Gasteiger partial charge in [-0.1, -0.05) is 0 Å². The Kier molecular flexibility index (Phi) is 4.38. The Labute approximate surface area is 145 Å². The van der Waals surface area contributed by atoms with Crippen molar-refractivity contribution in [2.24, 2.45) is 0 Å². The van der Waals surface area contributed by atoms with Crippen LogP contribution in [0.15, 0.2) is 36.7 Å². The molecule has 0 aliphatic carbocycles. The van der Waals surface area contributed by atoms with Gasteiger partial charge in [0.15, 0.2) is 10.4 Å². The zero-order valence-corrected chi connectivity index (χ0v) is 14.1. The second-order valence-electron chi connectivity index (χ2n) is 5.84. The Bertz CT molecular complexity index is 883. The maximum Gasteiger partial charge on any atom is 0.179 e. The largest absolute Gasteiger partial charge is 0.379 e. The number of morpholine rings is 1. The van der Waals surface area contributed by atoms with E-state index in [9.17, 15) is 0 Å². The summed E-state index contributed by atoms with van der Waals surface area (Å²) in [7, 11) is 0. The molecule has 24 heavy (non-hydrogen) atoms. The van der Waals surface area contributed by atoms with Gasteiger partial charge in [0.1, 0.15) is 0 Å². The average Bonchev–Trinajstić information content (AvgIpc) is 2.96. The summed E-state index contributed by atoms with van der Waals surface area (Å²) in [5.41, 5.74) is 3.86. The van der Waals surface area contributed by atoms with Gasteiger partial charge in [-0.15, -0.1) is 0 Å². The second-order valence-corrected chi connectivity index (χ2v) is 6.23. The van der Waals surface area contributed by atoms with Crippen molar-refractivity contribution in [3.05, 3.63) is 41.4 Å². The van der Waals surface area contributed by atoms with E-state index in [4.69, 9.17) is 21.9 Å². The molecule has 0 radical (unpaired) electrons. The number of ether oxygens (including phenoxy) is 1. The van der Waals surface area contributed by atoms with Gasteiger partial charge in [-0.3, -0.25) is 9.88 Å². The highest BCUT2D eigenvalue weighted by molar-refractivity contribution is 7.71. The van der Waals surface area contributed by atoms with Crippen molar-refractivity contribution in [2.75, 3.05) is 32.8 Å². The minimum Gasteiger partial charge on any atom is -0.379 e. The number of hydrogen-bond acceptors (Lipinski definition) is 5. The molecule has 1 fully saturated rings. The standard InChI is InChI=1S/C17H19N5OS/c24-17-20-15-2-1-14(13-3-5-18-6-4-13)19-16(15)22(17)8-7-21-9-11-23-12-10-21/h1-6H,7-12H2,(H,20,24). The fraction of sp³-hybridized carbons (Fsp3) is 0.353. The van der Waals surface area contributed by atoms with E-state index in [0.717, 1.165) is 66.6 Å². The monoisotopic (exact) mass is 341 g/mol. The molecule has 0 bridgehead atoms. The van der Waals surface area contributed by atoms with Crippen molar-refractivity contribution >= 4 is 23.4 Å². The normalized spacial score (nSPS) is 15.8. The van der Waals surface area contributed by atoms with Crippen LogP contribution in [0.3, 0.4) is 0 Å². The van der Waals surface area contributed by atoms with E-state index in [1.165, 1.54) is 0 Å². The molecule has 7 heteroatoms. The third-order valence-electron chi connectivity index (χ3n) is 4.34. The van der Waals surface area contributed by atoms with E-state index in [1.54, 1.807) is 12.4 Å². The molecule has 4 heterocycles. The quantitative estimate of drug-likeness (QED) is 0.739. The van der Waals surface area contributed by atoms with Gasteiger partial charge in [0, 0.05) is 44.1 Å². The van der Waals surface area contributed by atoms with Crippen molar-refractivity contribution < 1.29 is 4.74 Å². The van der Waals surface area contributed by atoms with E-state index in [1.807, 2.05) is 24.3 Å². The summed E-state index contributed by atoms with van der Waals surface area (Å²) in [4.78, 5) is 14.5. The number of H-pyrrole nitrogens is 1. The van der Waals surface area contributed by atoms with Gasteiger partial charge in [0.2, 0.25) is 0 Å². The minimum absolute atomic E-state index is 0.720. The molecule has 0 saturated carbocycles. The predicted molar refractivity (Wildman–Crippen MR) is 95.4 cm³/mol. The zero-order valence-electron chi connectivity index (χ0n) is 13.3. The summed E-state index contributed by atoms with van der Waals surface area (Å²) < 4.78 is 8.21. The first-order valence-corrected chi connectivity index (χ1v) is 8.52. The Morgan fingerprint density at radius 1 is 1.08 bits per heavy atom. The molecule has 0 unspecified atom stereocenters. The van der Waals surface area contributed by atoms with Crippen LogP contribution in [0.2, 0.25) is 0 Å². The first-order valence-electron chi connectivity index (χ1n) is 8.11.